The monoisotopic (exact) mass is 323 g/mol. The molecule has 0 aliphatic heterocycles. The van der Waals surface area contributed by atoms with Crippen LogP contribution in [0, 0.1) is 30.0 Å². The maximum atomic E-state index is 14.2. The molecule has 0 amide bonds. The van der Waals surface area contributed by atoms with Gasteiger partial charge in [0.15, 0.2) is 0 Å². The van der Waals surface area contributed by atoms with Gasteiger partial charge in [-0.3, -0.25) is 5.41 Å². The maximum absolute atomic E-state index is 14.2. The number of nitrogen functional groups attached to an aromatic ring is 2. The lowest BCUT2D eigenvalue weighted by Crippen LogP contribution is -2.09. The minimum atomic E-state index is -0.490. The number of benzene rings is 1. The van der Waals surface area contributed by atoms with Gasteiger partial charge in [-0.05, 0) is 18.9 Å². The van der Waals surface area contributed by atoms with Crippen molar-refractivity contribution in [2.75, 3.05) is 11.5 Å². The van der Waals surface area contributed by atoms with Gasteiger partial charge in [-0.1, -0.05) is 5.92 Å². The molecule has 7 nitrogen and oxygen atoms in total. The number of anilines is 2. The highest BCUT2D eigenvalue weighted by Crippen LogP contribution is 2.19. The van der Waals surface area contributed by atoms with E-state index >= 15 is 0 Å². The number of nitrogens with zero attached hydrogens (tertiary/aromatic N) is 4. The number of halogens is 1. The van der Waals surface area contributed by atoms with Crippen LogP contribution >= 0.6 is 0 Å². The summed E-state index contributed by atoms with van der Waals surface area (Å²) in [5.74, 6) is 5.55. The Morgan fingerprint density at radius 2 is 1.92 bits per heavy atom. The van der Waals surface area contributed by atoms with Crippen LogP contribution in [0.4, 0.5) is 16.0 Å². The van der Waals surface area contributed by atoms with E-state index in [0.717, 1.165) is 5.82 Å². The van der Waals surface area contributed by atoms with Gasteiger partial charge in [0.25, 0.3) is 0 Å². The van der Waals surface area contributed by atoms with Gasteiger partial charge in [-0.2, -0.15) is 0 Å². The molecule has 3 rings (SSSR count). The average Bonchev–Trinajstić information content (AvgIpc) is 2.79. The second kappa shape index (κ2) is 5.62. The fourth-order valence-corrected chi connectivity index (χ4v) is 2.29. The molecule has 24 heavy (non-hydrogen) atoms. The molecule has 0 bridgehead atoms. The van der Waals surface area contributed by atoms with E-state index in [2.05, 4.69) is 26.8 Å². The van der Waals surface area contributed by atoms with Gasteiger partial charge in [-0.25, -0.2) is 19.3 Å². The summed E-state index contributed by atoms with van der Waals surface area (Å²) in [7, 11) is 1.81. The number of nitrogens with two attached hydrogens (primary N) is 2. The minimum absolute atomic E-state index is 0.0538. The first-order valence-corrected chi connectivity index (χ1v) is 6.98. The molecule has 1 aromatic carbocycles. The summed E-state index contributed by atoms with van der Waals surface area (Å²) < 4.78 is 16.0. The fourth-order valence-electron chi connectivity index (χ4n) is 2.29. The summed E-state index contributed by atoms with van der Waals surface area (Å²) in [4.78, 5) is 11.9. The van der Waals surface area contributed by atoms with Crippen LogP contribution in [0.5, 0.6) is 0 Å². The van der Waals surface area contributed by atoms with Crippen LogP contribution in [-0.4, -0.2) is 25.2 Å². The molecule has 0 saturated carbocycles. The van der Waals surface area contributed by atoms with Crippen molar-refractivity contribution in [3.05, 3.63) is 41.2 Å². The Morgan fingerprint density at radius 1 is 1.25 bits per heavy atom. The molecule has 0 radical (unpaired) electrons. The van der Waals surface area contributed by atoms with Gasteiger partial charge in [0.2, 0.25) is 0 Å². The number of nitrogens with one attached hydrogen (secondary N) is 1. The number of rotatable bonds is 1. The van der Waals surface area contributed by atoms with E-state index in [1.54, 1.807) is 10.6 Å². The van der Waals surface area contributed by atoms with Crippen LogP contribution in [-0.2, 0) is 7.05 Å². The summed E-state index contributed by atoms with van der Waals surface area (Å²) in [6.07, 6.45) is 1.20. The van der Waals surface area contributed by atoms with Gasteiger partial charge in [0, 0.05) is 13.1 Å². The first-order chi connectivity index (χ1) is 11.4. The molecule has 2 heterocycles. The third kappa shape index (κ3) is 2.52. The minimum Gasteiger partial charge on any atom is -0.383 e. The number of aromatic nitrogens is 4. The zero-order chi connectivity index (χ0) is 17.4. The molecule has 0 spiro atoms. The summed E-state index contributed by atoms with van der Waals surface area (Å²) in [5.41, 5.74) is 12.8. The second-order valence-electron chi connectivity index (χ2n) is 5.18. The first-order valence-electron chi connectivity index (χ1n) is 6.98. The van der Waals surface area contributed by atoms with Crippen molar-refractivity contribution in [3.8, 4) is 11.8 Å². The van der Waals surface area contributed by atoms with E-state index in [4.69, 9.17) is 16.9 Å². The van der Waals surface area contributed by atoms with Crippen LogP contribution in [0.3, 0.4) is 0 Å². The number of fused-ring (bicyclic) bond motifs is 1. The van der Waals surface area contributed by atoms with Gasteiger partial charge in [-0.15, -0.1) is 0 Å². The summed E-state index contributed by atoms with van der Waals surface area (Å²) >= 11 is 0. The first kappa shape index (κ1) is 15.4. The van der Waals surface area contributed by atoms with E-state index in [1.807, 2.05) is 14.0 Å². The smallest absolute Gasteiger partial charge is 0.141 e. The second-order valence-corrected chi connectivity index (χ2v) is 5.18. The Hall–Kier alpha value is -3.47. The normalized spacial score (nSPS) is 10.5. The van der Waals surface area contributed by atoms with Crippen molar-refractivity contribution in [1.29, 1.82) is 5.41 Å². The number of hydrogen-bond donors (Lipinski definition) is 3. The number of hydrogen-bond acceptors (Lipinski definition) is 6. The molecule has 0 fully saturated rings. The molecule has 3 aromatic rings. The van der Waals surface area contributed by atoms with E-state index in [9.17, 15) is 4.39 Å². The van der Waals surface area contributed by atoms with E-state index in [0.29, 0.717) is 11.0 Å². The largest absolute Gasteiger partial charge is 0.383 e. The van der Waals surface area contributed by atoms with E-state index in [1.165, 1.54) is 12.4 Å². The summed E-state index contributed by atoms with van der Waals surface area (Å²) in [6, 6.07) is 2.92. The molecule has 5 N–H and O–H groups in total. The van der Waals surface area contributed by atoms with Crippen molar-refractivity contribution in [2.45, 2.75) is 6.92 Å². The Balaban J connectivity index is 2.03. The predicted molar refractivity (Wildman–Crippen MR) is 90.0 cm³/mol. The van der Waals surface area contributed by atoms with Gasteiger partial charge in [0.1, 0.15) is 35.3 Å². The zero-order valence-electron chi connectivity index (χ0n) is 13.1. The lowest BCUT2D eigenvalue weighted by Gasteiger charge is -2.03. The Labute approximate surface area is 137 Å². The summed E-state index contributed by atoms with van der Waals surface area (Å²) in [5, 5.41) is 7.98. The van der Waals surface area contributed by atoms with Crippen molar-refractivity contribution >= 4 is 28.4 Å². The third-order valence-corrected chi connectivity index (χ3v) is 3.67. The molecule has 120 valence electrons. The fraction of sp³-hybridized carbons (Fsp3) is 0.125. The molecular weight excluding hydrogens is 309 g/mol. The van der Waals surface area contributed by atoms with Crippen molar-refractivity contribution in [3.63, 3.8) is 0 Å². The SMILES string of the molecule is Cc1nc2cc(C#CC(=N)c3c(N)ncnc3N)c(F)cc2n1C. The van der Waals surface area contributed by atoms with E-state index in [-0.39, 0.29) is 28.5 Å². The van der Waals surface area contributed by atoms with Crippen LogP contribution in [0.2, 0.25) is 0 Å². The molecule has 0 aliphatic carbocycles. The lowest BCUT2D eigenvalue weighted by molar-refractivity contribution is 0.625. The molecule has 0 aliphatic rings. The molecule has 0 unspecified atom stereocenters. The van der Waals surface area contributed by atoms with Crippen molar-refractivity contribution < 1.29 is 4.39 Å². The van der Waals surface area contributed by atoms with Crippen molar-refractivity contribution in [2.24, 2.45) is 7.05 Å². The molecular formula is C16H14FN7. The van der Waals surface area contributed by atoms with Crippen LogP contribution in [0.25, 0.3) is 11.0 Å². The molecule has 0 atom stereocenters. The quantitative estimate of drug-likeness (QED) is 0.462. The predicted octanol–water partition coefficient (Wildman–Crippen LogP) is 1.39. The van der Waals surface area contributed by atoms with Gasteiger partial charge in [0.05, 0.1) is 22.2 Å². The van der Waals surface area contributed by atoms with E-state index < -0.39 is 5.82 Å². The molecule has 0 saturated heterocycles. The third-order valence-electron chi connectivity index (χ3n) is 3.67. The van der Waals surface area contributed by atoms with Crippen LogP contribution < -0.4 is 11.5 Å². The van der Waals surface area contributed by atoms with Crippen LogP contribution in [0.15, 0.2) is 18.5 Å². The standard InChI is InChI=1S/C16H14FN7/c1-8-23-12-5-9(10(17)6-13(12)24(8)2)3-4-11(18)14-15(19)21-7-22-16(14)20/h5-7,18H,1-2H3,(H4,19,20,21,22). The highest BCUT2D eigenvalue weighted by molar-refractivity contribution is 6.16. The topological polar surface area (TPSA) is 119 Å². The number of imidazole rings is 1. The highest BCUT2D eigenvalue weighted by atomic mass is 19.1. The Kier molecular flexibility index (Phi) is 3.62. The maximum Gasteiger partial charge on any atom is 0.141 e. The van der Waals surface area contributed by atoms with Crippen LogP contribution in [0.1, 0.15) is 17.0 Å². The summed E-state index contributed by atoms with van der Waals surface area (Å²) in [6.45, 7) is 1.83. The molecule has 2 aromatic heterocycles. The average molecular weight is 323 g/mol. The Morgan fingerprint density at radius 3 is 2.58 bits per heavy atom. The highest BCUT2D eigenvalue weighted by Gasteiger charge is 2.11. The van der Waals surface area contributed by atoms with Gasteiger partial charge >= 0.3 is 0 Å². The van der Waals surface area contributed by atoms with Crippen molar-refractivity contribution in [1.82, 2.24) is 19.5 Å². The van der Waals surface area contributed by atoms with Gasteiger partial charge < -0.3 is 16.0 Å². The Bertz CT molecular complexity index is 1020. The zero-order valence-corrected chi connectivity index (χ0v) is 13.1. The lowest BCUT2D eigenvalue weighted by atomic mass is 10.1. The molecule has 8 heteroatoms. The number of aryl methyl sites for hydroxylation is 2.